The number of fused-ring (bicyclic) bond motifs is 1. The normalized spacial score (nSPS) is 15.6. The molecular weight excluding hydrogens is 314 g/mol. The van der Waals surface area contributed by atoms with Crippen LogP contribution in [-0.2, 0) is 0 Å². The van der Waals surface area contributed by atoms with Gasteiger partial charge in [-0.25, -0.2) is 10.4 Å². The van der Waals surface area contributed by atoms with E-state index in [1.165, 1.54) is 19.3 Å². The first kappa shape index (κ1) is 15.5. The monoisotopic (exact) mass is 333 g/mol. The van der Waals surface area contributed by atoms with Gasteiger partial charge in [-0.2, -0.15) is 10.4 Å². The van der Waals surface area contributed by atoms with Gasteiger partial charge in [-0.1, -0.05) is 25.3 Å². The molecule has 4 rings (SSSR count). The van der Waals surface area contributed by atoms with Gasteiger partial charge in [0.1, 0.15) is 6.07 Å². The summed E-state index contributed by atoms with van der Waals surface area (Å²) in [4.78, 5) is 7.50. The Bertz CT molecular complexity index is 940. The summed E-state index contributed by atoms with van der Waals surface area (Å²) in [5, 5.41) is 14.6. The lowest BCUT2D eigenvalue weighted by Crippen LogP contribution is -2.04. The SMILES string of the molecule is N#Cc1nc(C2CCCCC2)oc1NN=Cc1ccc2[nH]ccc2c1. The molecule has 2 aromatic heterocycles. The van der Waals surface area contributed by atoms with Gasteiger partial charge in [-0.05, 0) is 42.0 Å². The number of benzene rings is 1. The summed E-state index contributed by atoms with van der Waals surface area (Å²) in [6.07, 6.45) is 9.41. The van der Waals surface area contributed by atoms with Crippen molar-refractivity contribution in [2.75, 3.05) is 5.43 Å². The van der Waals surface area contributed by atoms with E-state index in [1.54, 1.807) is 6.21 Å². The summed E-state index contributed by atoms with van der Waals surface area (Å²) in [5.74, 6) is 1.29. The van der Waals surface area contributed by atoms with Crippen LogP contribution in [-0.4, -0.2) is 16.2 Å². The first-order chi connectivity index (χ1) is 12.3. The Kier molecular flexibility index (Phi) is 4.21. The Morgan fingerprint density at radius 1 is 1.28 bits per heavy atom. The number of hydrogen-bond donors (Lipinski definition) is 2. The minimum Gasteiger partial charge on any atom is -0.422 e. The molecule has 0 unspecified atom stereocenters. The minimum absolute atomic E-state index is 0.263. The smallest absolute Gasteiger partial charge is 0.252 e. The summed E-state index contributed by atoms with van der Waals surface area (Å²) in [5.41, 5.74) is 5.14. The van der Waals surface area contributed by atoms with E-state index in [1.807, 2.05) is 30.5 Å². The molecule has 2 heterocycles. The fourth-order valence-corrected chi connectivity index (χ4v) is 3.33. The van der Waals surface area contributed by atoms with Crippen molar-refractivity contribution in [1.29, 1.82) is 5.26 Å². The van der Waals surface area contributed by atoms with E-state index in [4.69, 9.17) is 4.42 Å². The third kappa shape index (κ3) is 3.26. The second-order valence-corrected chi connectivity index (χ2v) is 6.37. The predicted octanol–water partition coefficient (Wildman–Crippen LogP) is 4.52. The molecule has 1 aliphatic carbocycles. The maximum absolute atomic E-state index is 9.27. The zero-order chi connectivity index (χ0) is 17.1. The zero-order valence-electron chi connectivity index (χ0n) is 13.8. The van der Waals surface area contributed by atoms with Crippen molar-refractivity contribution in [3.63, 3.8) is 0 Å². The summed E-state index contributed by atoms with van der Waals surface area (Å²) >= 11 is 0. The van der Waals surface area contributed by atoms with Gasteiger partial charge in [-0.15, -0.1) is 0 Å². The first-order valence-electron chi connectivity index (χ1n) is 8.60. The van der Waals surface area contributed by atoms with Crippen molar-refractivity contribution in [3.05, 3.63) is 47.6 Å². The zero-order valence-corrected chi connectivity index (χ0v) is 13.8. The van der Waals surface area contributed by atoms with E-state index in [0.29, 0.717) is 17.7 Å². The highest BCUT2D eigenvalue weighted by atomic mass is 16.4. The van der Waals surface area contributed by atoms with E-state index in [2.05, 4.69) is 26.6 Å². The molecule has 6 nitrogen and oxygen atoms in total. The van der Waals surface area contributed by atoms with Crippen molar-refractivity contribution in [2.45, 2.75) is 38.0 Å². The van der Waals surface area contributed by atoms with Gasteiger partial charge < -0.3 is 9.40 Å². The lowest BCUT2D eigenvalue weighted by atomic mass is 9.89. The molecule has 1 aromatic carbocycles. The van der Waals surface area contributed by atoms with E-state index in [0.717, 1.165) is 29.3 Å². The second-order valence-electron chi connectivity index (χ2n) is 6.37. The summed E-state index contributed by atoms with van der Waals surface area (Å²) in [7, 11) is 0. The van der Waals surface area contributed by atoms with Crippen LogP contribution in [0, 0.1) is 11.3 Å². The van der Waals surface area contributed by atoms with E-state index in [9.17, 15) is 5.26 Å². The lowest BCUT2D eigenvalue weighted by molar-refractivity contribution is 0.367. The van der Waals surface area contributed by atoms with Crippen molar-refractivity contribution < 1.29 is 4.42 Å². The van der Waals surface area contributed by atoms with Crippen LogP contribution in [0.25, 0.3) is 10.9 Å². The highest BCUT2D eigenvalue weighted by molar-refractivity contribution is 5.89. The maximum atomic E-state index is 9.27. The Labute approximate surface area is 145 Å². The number of aromatic amines is 1. The van der Waals surface area contributed by atoms with E-state index >= 15 is 0 Å². The number of nitrogens with one attached hydrogen (secondary N) is 2. The maximum Gasteiger partial charge on any atom is 0.252 e. The number of nitriles is 1. The molecule has 0 radical (unpaired) electrons. The topological polar surface area (TPSA) is 90.0 Å². The van der Waals surface area contributed by atoms with E-state index in [-0.39, 0.29) is 5.69 Å². The van der Waals surface area contributed by atoms with Gasteiger partial charge in [-0.3, -0.25) is 0 Å². The molecule has 0 spiro atoms. The van der Waals surface area contributed by atoms with Crippen LogP contribution >= 0.6 is 0 Å². The average Bonchev–Trinajstić information content (AvgIpc) is 3.28. The fraction of sp³-hybridized carbons (Fsp3) is 0.316. The van der Waals surface area contributed by atoms with Crippen LogP contribution in [0.5, 0.6) is 0 Å². The van der Waals surface area contributed by atoms with Gasteiger partial charge in [0, 0.05) is 17.6 Å². The molecule has 1 fully saturated rings. The second kappa shape index (κ2) is 6.81. The van der Waals surface area contributed by atoms with E-state index < -0.39 is 0 Å². The average molecular weight is 333 g/mol. The molecule has 1 aliphatic rings. The molecule has 0 aliphatic heterocycles. The van der Waals surface area contributed by atoms with Crippen LogP contribution in [0.15, 0.2) is 40.0 Å². The van der Waals surface area contributed by atoms with Crippen LogP contribution < -0.4 is 5.43 Å². The highest BCUT2D eigenvalue weighted by Gasteiger charge is 2.23. The number of oxazole rings is 1. The van der Waals surface area contributed by atoms with Gasteiger partial charge in [0.05, 0.1) is 6.21 Å². The molecule has 0 atom stereocenters. The lowest BCUT2D eigenvalue weighted by Gasteiger charge is -2.17. The standard InChI is InChI=1S/C19H19N5O/c20-11-17-19(25-18(23-17)14-4-2-1-3-5-14)24-22-12-13-6-7-16-15(10-13)8-9-21-16/h6-10,12,14,21,24H,1-5H2. The summed E-state index contributed by atoms with van der Waals surface area (Å²) < 4.78 is 5.78. The van der Waals surface area contributed by atoms with Crippen LogP contribution in [0.1, 0.15) is 55.2 Å². The van der Waals surface area contributed by atoms with Gasteiger partial charge in [0.2, 0.25) is 11.6 Å². The molecule has 25 heavy (non-hydrogen) atoms. The Morgan fingerprint density at radius 2 is 2.16 bits per heavy atom. The number of rotatable bonds is 4. The Balaban J connectivity index is 1.49. The van der Waals surface area contributed by atoms with Crippen molar-refractivity contribution in [3.8, 4) is 6.07 Å². The number of aromatic nitrogens is 2. The predicted molar refractivity (Wildman–Crippen MR) is 96.6 cm³/mol. The first-order valence-corrected chi connectivity index (χ1v) is 8.60. The summed E-state index contributed by atoms with van der Waals surface area (Å²) in [6, 6.07) is 10.1. The number of H-pyrrole nitrogens is 1. The van der Waals surface area contributed by atoms with Crippen LogP contribution in [0.2, 0.25) is 0 Å². The molecule has 0 saturated heterocycles. The van der Waals surface area contributed by atoms with Crippen molar-refractivity contribution in [2.24, 2.45) is 5.10 Å². The molecule has 6 heteroatoms. The van der Waals surface area contributed by atoms with Gasteiger partial charge in [0.15, 0.2) is 0 Å². The summed E-state index contributed by atoms with van der Waals surface area (Å²) in [6.45, 7) is 0. The van der Waals surface area contributed by atoms with Gasteiger partial charge >= 0.3 is 0 Å². The molecule has 3 aromatic rings. The molecule has 0 amide bonds. The largest absolute Gasteiger partial charge is 0.422 e. The van der Waals surface area contributed by atoms with Crippen molar-refractivity contribution >= 4 is 23.0 Å². The molecule has 0 bridgehead atoms. The third-order valence-corrected chi connectivity index (χ3v) is 4.66. The Morgan fingerprint density at radius 3 is 3.00 bits per heavy atom. The number of hydrazone groups is 1. The van der Waals surface area contributed by atoms with Crippen LogP contribution in [0.3, 0.4) is 0 Å². The Hall–Kier alpha value is -3.07. The molecule has 2 N–H and O–H groups in total. The molecule has 126 valence electrons. The third-order valence-electron chi connectivity index (χ3n) is 4.66. The highest BCUT2D eigenvalue weighted by Crippen LogP contribution is 2.34. The quantitative estimate of drug-likeness (QED) is 0.542. The minimum atomic E-state index is 0.263. The number of anilines is 1. The van der Waals surface area contributed by atoms with Gasteiger partial charge in [0.25, 0.3) is 5.88 Å². The fourth-order valence-electron chi connectivity index (χ4n) is 3.33. The van der Waals surface area contributed by atoms with Crippen molar-refractivity contribution in [1.82, 2.24) is 9.97 Å². The number of nitrogens with zero attached hydrogens (tertiary/aromatic N) is 3. The molecule has 1 saturated carbocycles. The number of hydrogen-bond acceptors (Lipinski definition) is 5. The van der Waals surface area contributed by atoms with Crippen LogP contribution in [0.4, 0.5) is 5.88 Å². The molecular formula is C19H19N5O.